The predicted octanol–water partition coefficient (Wildman–Crippen LogP) is -1.21. The highest BCUT2D eigenvalue weighted by atomic mass is 32.2. The number of primary sulfonamides is 1. The maximum Gasteiger partial charge on any atom is 0.224 e. The van der Waals surface area contributed by atoms with Crippen molar-refractivity contribution in [2.45, 2.75) is 36.5 Å². The van der Waals surface area contributed by atoms with Crippen LogP contribution in [-0.2, 0) is 14.8 Å². The average Bonchev–Trinajstić information content (AvgIpc) is 2.44. The Bertz CT molecular complexity index is 402. The van der Waals surface area contributed by atoms with Crippen molar-refractivity contribution in [2.75, 3.05) is 13.1 Å². The zero-order valence-corrected chi connectivity index (χ0v) is 9.74. The smallest absolute Gasteiger partial charge is 0.224 e. The molecule has 1 amide bonds. The van der Waals surface area contributed by atoms with Crippen LogP contribution in [0.25, 0.3) is 0 Å². The highest BCUT2D eigenvalue weighted by Gasteiger charge is 2.42. The first kappa shape index (κ1) is 11.8. The largest absolute Gasteiger partial charge is 0.388 e. The topological polar surface area (TPSA) is 101 Å². The maximum absolute atomic E-state index is 11.5. The summed E-state index contributed by atoms with van der Waals surface area (Å²) in [6.07, 6.45) is 2.25. The number of hydrogen-bond donors (Lipinski definition) is 2. The number of aliphatic hydroxyl groups is 1. The summed E-state index contributed by atoms with van der Waals surface area (Å²) in [4.78, 5) is 13.0. The second-order valence-corrected chi connectivity index (χ2v) is 6.61. The molecule has 1 saturated heterocycles. The molecule has 1 atom stereocenters. The summed E-state index contributed by atoms with van der Waals surface area (Å²) < 4.78 is 22.2. The van der Waals surface area contributed by atoms with Gasteiger partial charge in [-0.15, -0.1) is 0 Å². The van der Waals surface area contributed by atoms with Crippen molar-refractivity contribution in [1.29, 1.82) is 0 Å². The molecule has 6 nitrogen and oxygen atoms in total. The normalized spacial score (nSPS) is 29.2. The summed E-state index contributed by atoms with van der Waals surface area (Å²) in [5.74, 6) is -0.237. The van der Waals surface area contributed by atoms with Gasteiger partial charge in [0.05, 0.1) is 5.60 Å². The first-order valence-corrected chi connectivity index (χ1v) is 6.93. The first-order valence-electron chi connectivity index (χ1n) is 5.32. The lowest BCUT2D eigenvalue weighted by Gasteiger charge is -2.39. The molecule has 1 aliphatic carbocycles. The van der Waals surface area contributed by atoms with Crippen molar-refractivity contribution >= 4 is 15.9 Å². The molecule has 0 spiro atoms. The van der Waals surface area contributed by atoms with E-state index in [1.54, 1.807) is 0 Å². The molecule has 2 fully saturated rings. The Morgan fingerprint density at radius 1 is 1.50 bits per heavy atom. The molecule has 16 heavy (non-hydrogen) atoms. The van der Waals surface area contributed by atoms with Gasteiger partial charge >= 0.3 is 0 Å². The van der Waals surface area contributed by atoms with Gasteiger partial charge in [-0.2, -0.15) is 0 Å². The van der Waals surface area contributed by atoms with Gasteiger partial charge in [0.2, 0.25) is 15.9 Å². The van der Waals surface area contributed by atoms with Crippen LogP contribution >= 0.6 is 0 Å². The minimum Gasteiger partial charge on any atom is -0.388 e. The first-order chi connectivity index (χ1) is 7.30. The summed E-state index contributed by atoms with van der Waals surface area (Å²) in [5, 5.41) is 14.1. The molecule has 92 valence electrons. The van der Waals surface area contributed by atoms with Crippen molar-refractivity contribution in [3.63, 3.8) is 0 Å². The van der Waals surface area contributed by atoms with Crippen LogP contribution in [0.2, 0.25) is 0 Å². The molecule has 1 heterocycles. The van der Waals surface area contributed by atoms with Crippen LogP contribution < -0.4 is 5.14 Å². The van der Waals surface area contributed by atoms with E-state index in [-0.39, 0.29) is 25.4 Å². The Morgan fingerprint density at radius 3 is 2.50 bits per heavy atom. The molecule has 1 aliphatic heterocycles. The lowest BCUT2D eigenvalue weighted by Crippen LogP contribution is -2.48. The summed E-state index contributed by atoms with van der Waals surface area (Å²) in [6, 6.07) is 0. The van der Waals surface area contributed by atoms with Gasteiger partial charge in [-0.05, 0) is 19.3 Å². The zero-order valence-electron chi connectivity index (χ0n) is 8.92. The molecular weight excluding hydrogens is 232 g/mol. The van der Waals surface area contributed by atoms with E-state index in [1.807, 2.05) is 0 Å². The Labute approximate surface area is 94.5 Å². The zero-order chi connectivity index (χ0) is 12.0. The summed E-state index contributed by atoms with van der Waals surface area (Å²) in [5.41, 5.74) is -0.803. The number of carbonyl (C=O) groups is 1. The number of amides is 1. The highest BCUT2D eigenvalue weighted by molar-refractivity contribution is 7.89. The molecule has 0 aromatic carbocycles. The third-order valence-corrected chi connectivity index (χ3v) is 4.66. The molecule has 0 aromatic heterocycles. The Hall–Kier alpha value is -0.660. The molecule has 0 bridgehead atoms. The van der Waals surface area contributed by atoms with Crippen molar-refractivity contribution in [3.8, 4) is 0 Å². The van der Waals surface area contributed by atoms with Gasteiger partial charge < -0.3 is 10.0 Å². The second kappa shape index (κ2) is 3.68. The average molecular weight is 248 g/mol. The molecule has 2 rings (SSSR count). The third kappa shape index (κ3) is 2.21. The van der Waals surface area contributed by atoms with Crippen molar-refractivity contribution in [3.05, 3.63) is 0 Å². The quantitative estimate of drug-likeness (QED) is 0.654. The second-order valence-electron chi connectivity index (χ2n) is 4.77. The summed E-state index contributed by atoms with van der Waals surface area (Å²) >= 11 is 0. The van der Waals surface area contributed by atoms with Gasteiger partial charge in [-0.3, -0.25) is 4.79 Å². The van der Waals surface area contributed by atoms with Crippen molar-refractivity contribution in [2.24, 2.45) is 5.14 Å². The van der Waals surface area contributed by atoms with Gasteiger partial charge in [0.15, 0.2) is 0 Å². The van der Waals surface area contributed by atoms with Crippen LogP contribution in [0.1, 0.15) is 25.7 Å². The number of nitrogens with two attached hydrogens (primary N) is 1. The lowest BCUT2D eigenvalue weighted by atomic mass is 9.80. The van der Waals surface area contributed by atoms with Gasteiger partial charge in [-0.25, -0.2) is 13.6 Å². The minimum atomic E-state index is -3.66. The van der Waals surface area contributed by atoms with Gasteiger partial charge in [0, 0.05) is 19.5 Å². The number of sulfonamides is 1. The van der Waals surface area contributed by atoms with E-state index in [0.717, 1.165) is 6.42 Å². The van der Waals surface area contributed by atoms with Crippen LogP contribution in [0, 0.1) is 0 Å². The van der Waals surface area contributed by atoms with E-state index < -0.39 is 20.9 Å². The number of carbonyl (C=O) groups excluding carboxylic acids is 1. The van der Waals surface area contributed by atoms with E-state index in [0.29, 0.717) is 12.8 Å². The van der Waals surface area contributed by atoms with E-state index in [9.17, 15) is 18.3 Å². The van der Waals surface area contributed by atoms with Crippen LogP contribution in [0.4, 0.5) is 0 Å². The lowest BCUT2D eigenvalue weighted by molar-refractivity contribution is -0.133. The fraction of sp³-hybridized carbons (Fsp3) is 0.889. The monoisotopic (exact) mass is 248 g/mol. The summed E-state index contributed by atoms with van der Waals surface area (Å²) in [6.45, 7) is 0.345. The molecule has 7 heteroatoms. The van der Waals surface area contributed by atoms with Gasteiger partial charge in [-0.1, -0.05) is 0 Å². The van der Waals surface area contributed by atoms with Crippen LogP contribution in [0.5, 0.6) is 0 Å². The van der Waals surface area contributed by atoms with Crippen LogP contribution in [0.15, 0.2) is 0 Å². The Morgan fingerprint density at radius 2 is 2.12 bits per heavy atom. The van der Waals surface area contributed by atoms with Crippen LogP contribution in [0.3, 0.4) is 0 Å². The Kier molecular flexibility index (Phi) is 2.72. The number of likely N-dealkylation sites (tertiary alicyclic amines) is 1. The fourth-order valence-electron chi connectivity index (χ4n) is 2.21. The molecule has 2 aliphatic rings. The molecule has 0 radical (unpaired) electrons. The number of hydrogen-bond acceptors (Lipinski definition) is 4. The molecule has 3 N–H and O–H groups in total. The highest BCUT2D eigenvalue weighted by Crippen LogP contribution is 2.33. The van der Waals surface area contributed by atoms with Crippen molar-refractivity contribution in [1.82, 2.24) is 4.90 Å². The fourth-order valence-corrected chi connectivity index (χ4v) is 2.97. The number of β-amino-alcohol motifs (C(OH)–C–C–N with tert-alkyl or cyclic N) is 1. The van der Waals surface area contributed by atoms with Gasteiger partial charge in [0.1, 0.15) is 5.25 Å². The Balaban J connectivity index is 2.00. The van der Waals surface area contributed by atoms with Gasteiger partial charge in [0.25, 0.3) is 0 Å². The maximum atomic E-state index is 11.5. The summed E-state index contributed by atoms with van der Waals surface area (Å²) in [7, 11) is -3.66. The SMILES string of the molecule is NS(=O)(=O)C1CC(=O)N(CC2(O)CCC2)C1. The standard InChI is InChI=1S/C9H16N2O4S/c10-16(14,15)7-4-8(12)11(5-7)6-9(13)2-1-3-9/h7,13H,1-6H2,(H2,10,14,15). The third-order valence-electron chi connectivity index (χ3n) is 3.41. The molecule has 0 aromatic rings. The minimum absolute atomic E-state index is 0.0606. The number of nitrogens with zero attached hydrogens (tertiary/aromatic N) is 1. The van der Waals surface area contributed by atoms with Crippen LogP contribution in [-0.4, -0.2) is 48.3 Å². The number of rotatable bonds is 3. The predicted molar refractivity (Wildman–Crippen MR) is 56.9 cm³/mol. The molecule has 1 saturated carbocycles. The van der Waals surface area contributed by atoms with E-state index >= 15 is 0 Å². The molecule has 1 unspecified atom stereocenters. The van der Waals surface area contributed by atoms with E-state index in [2.05, 4.69) is 0 Å². The van der Waals surface area contributed by atoms with E-state index in [4.69, 9.17) is 5.14 Å². The van der Waals surface area contributed by atoms with E-state index in [1.165, 1.54) is 4.90 Å². The molecular formula is C9H16N2O4S. The van der Waals surface area contributed by atoms with Crippen molar-refractivity contribution < 1.29 is 18.3 Å².